The van der Waals surface area contributed by atoms with Gasteiger partial charge in [-0.2, -0.15) is 0 Å². The molecule has 0 radical (unpaired) electrons. The Bertz CT molecular complexity index is 732. The van der Waals surface area contributed by atoms with Crippen molar-refractivity contribution in [3.63, 3.8) is 0 Å². The lowest BCUT2D eigenvalue weighted by atomic mass is 9.44. The fourth-order valence-electron chi connectivity index (χ4n) is 6.44. The molecular weight excluding hydrogens is 302 g/mol. The molecule has 1 aromatic rings. The molecule has 2 N–H and O–H groups in total. The quantitative estimate of drug-likeness (QED) is 0.819. The van der Waals surface area contributed by atoms with Gasteiger partial charge < -0.3 is 14.9 Å². The summed E-state index contributed by atoms with van der Waals surface area (Å²) in [7, 11) is 0. The number of aliphatic hydroxyl groups is 1. The van der Waals surface area contributed by atoms with Gasteiger partial charge >= 0.3 is 0 Å². The van der Waals surface area contributed by atoms with E-state index < -0.39 is 6.10 Å². The fourth-order valence-corrected chi connectivity index (χ4v) is 6.44. The first-order chi connectivity index (χ1) is 11.5. The van der Waals surface area contributed by atoms with Crippen LogP contribution in [0.15, 0.2) is 24.8 Å². The Labute approximate surface area is 142 Å². The SMILES string of the molecule is C=CCN1CC[C@]23c4c5ccc(O)c4OC2[C@H](O)CC[C@@]3(C)C1C5. The van der Waals surface area contributed by atoms with Crippen LogP contribution in [0.3, 0.4) is 0 Å². The van der Waals surface area contributed by atoms with E-state index in [0.717, 1.165) is 38.8 Å². The van der Waals surface area contributed by atoms with Gasteiger partial charge in [0.25, 0.3) is 0 Å². The van der Waals surface area contributed by atoms with E-state index in [4.69, 9.17) is 4.74 Å². The number of benzene rings is 1. The summed E-state index contributed by atoms with van der Waals surface area (Å²) in [6.45, 7) is 8.23. The zero-order valence-electron chi connectivity index (χ0n) is 14.2. The molecule has 2 heterocycles. The van der Waals surface area contributed by atoms with Gasteiger partial charge in [-0.1, -0.05) is 19.1 Å². The van der Waals surface area contributed by atoms with Gasteiger partial charge in [-0.25, -0.2) is 0 Å². The maximum atomic E-state index is 10.7. The van der Waals surface area contributed by atoms with Crippen molar-refractivity contribution < 1.29 is 14.9 Å². The first-order valence-corrected chi connectivity index (χ1v) is 9.08. The molecule has 0 aromatic heterocycles. The van der Waals surface area contributed by atoms with Crippen LogP contribution in [-0.4, -0.2) is 46.5 Å². The molecular formula is C20H25NO3. The minimum atomic E-state index is -0.456. The normalized spacial score (nSPS) is 42.3. The summed E-state index contributed by atoms with van der Waals surface area (Å²) in [5.41, 5.74) is 2.37. The highest BCUT2D eigenvalue weighted by Crippen LogP contribution is 2.68. The molecule has 4 nitrogen and oxygen atoms in total. The van der Waals surface area contributed by atoms with E-state index in [1.807, 2.05) is 6.08 Å². The van der Waals surface area contributed by atoms with Crippen molar-refractivity contribution in [3.8, 4) is 11.5 Å². The number of hydrogen-bond acceptors (Lipinski definition) is 4. The average Bonchev–Trinajstić information content (AvgIpc) is 2.91. The van der Waals surface area contributed by atoms with Crippen LogP contribution >= 0.6 is 0 Å². The molecule has 1 saturated carbocycles. The van der Waals surface area contributed by atoms with E-state index in [1.54, 1.807) is 6.07 Å². The van der Waals surface area contributed by atoms with E-state index in [9.17, 15) is 10.2 Å². The molecule has 5 atom stereocenters. The van der Waals surface area contributed by atoms with Crippen molar-refractivity contribution in [2.45, 2.75) is 56.3 Å². The maximum absolute atomic E-state index is 10.7. The summed E-state index contributed by atoms with van der Waals surface area (Å²) in [6, 6.07) is 4.25. The van der Waals surface area contributed by atoms with Crippen molar-refractivity contribution in [2.24, 2.45) is 5.41 Å². The first-order valence-electron chi connectivity index (χ1n) is 9.08. The Balaban J connectivity index is 1.78. The van der Waals surface area contributed by atoms with Crippen LogP contribution in [0.25, 0.3) is 0 Å². The van der Waals surface area contributed by atoms with Crippen molar-refractivity contribution in [1.29, 1.82) is 0 Å². The Hall–Kier alpha value is -1.52. The zero-order chi connectivity index (χ0) is 16.7. The van der Waals surface area contributed by atoms with Crippen LogP contribution < -0.4 is 4.74 Å². The molecule has 2 bridgehead atoms. The Kier molecular flexibility index (Phi) is 2.81. The molecule has 1 aromatic carbocycles. The molecule has 2 fully saturated rings. The van der Waals surface area contributed by atoms with Gasteiger partial charge in [0.1, 0.15) is 6.10 Å². The molecule has 4 heteroatoms. The number of aliphatic hydroxyl groups excluding tert-OH is 1. The third-order valence-corrected chi connectivity index (χ3v) is 7.47. The van der Waals surface area contributed by atoms with E-state index in [0.29, 0.717) is 11.8 Å². The van der Waals surface area contributed by atoms with E-state index in [1.165, 1.54) is 11.1 Å². The van der Waals surface area contributed by atoms with Gasteiger partial charge in [0.05, 0.1) is 6.10 Å². The first kappa shape index (κ1) is 14.8. The topological polar surface area (TPSA) is 52.9 Å². The number of hydrogen-bond donors (Lipinski definition) is 2. The Morgan fingerprint density at radius 3 is 3.04 bits per heavy atom. The zero-order valence-corrected chi connectivity index (χ0v) is 14.2. The highest BCUT2D eigenvalue weighted by atomic mass is 16.5. The molecule has 1 spiro atoms. The third-order valence-electron chi connectivity index (χ3n) is 7.47. The second-order valence-electron chi connectivity index (χ2n) is 8.23. The molecule has 2 unspecified atom stereocenters. The lowest BCUT2D eigenvalue weighted by Crippen LogP contribution is -2.72. The summed E-state index contributed by atoms with van der Waals surface area (Å²) in [4.78, 5) is 2.56. The summed E-state index contributed by atoms with van der Waals surface area (Å²) in [5.74, 6) is 0.861. The van der Waals surface area contributed by atoms with Gasteiger partial charge in [-0.05, 0) is 49.3 Å². The number of rotatable bonds is 2. The van der Waals surface area contributed by atoms with E-state index >= 15 is 0 Å². The smallest absolute Gasteiger partial charge is 0.165 e. The number of nitrogens with zero attached hydrogens (tertiary/aromatic N) is 1. The molecule has 2 aliphatic carbocycles. The lowest BCUT2D eigenvalue weighted by Gasteiger charge is -2.65. The number of aromatic hydroxyl groups is 1. The molecule has 0 amide bonds. The van der Waals surface area contributed by atoms with Gasteiger partial charge in [0, 0.05) is 23.6 Å². The molecule has 4 aliphatic rings. The summed E-state index contributed by atoms with van der Waals surface area (Å²) in [5, 5.41) is 21.1. The molecule has 128 valence electrons. The highest BCUT2D eigenvalue weighted by Gasteiger charge is 2.70. The van der Waals surface area contributed by atoms with Crippen LogP contribution in [0, 0.1) is 5.41 Å². The van der Waals surface area contributed by atoms with Crippen LogP contribution in [0.2, 0.25) is 0 Å². The number of piperidine rings is 1. The van der Waals surface area contributed by atoms with Crippen molar-refractivity contribution in [3.05, 3.63) is 35.9 Å². The minimum absolute atomic E-state index is 0.0597. The van der Waals surface area contributed by atoms with E-state index in [2.05, 4.69) is 24.5 Å². The van der Waals surface area contributed by atoms with Crippen LogP contribution in [0.1, 0.15) is 37.3 Å². The second kappa shape index (κ2) is 4.55. The molecule has 2 aliphatic heterocycles. The van der Waals surface area contributed by atoms with Crippen LogP contribution in [0.5, 0.6) is 11.5 Å². The summed E-state index contributed by atoms with van der Waals surface area (Å²) in [6.07, 6.45) is 5.04. The maximum Gasteiger partial charge on any atom is 0.165 e. The second-order valence-corrected chi connectivity index (χ2v) is 8.23. The number of likely N-dealkylation sites (tertiary alicyclic amines) is 1. The third kappa shape index (κ3) is 1.44. The Morgan fingerprint density at radius 1 is 1.42 bits per heavy atom. The van der Waals surface area contributed by atoms with Crippen LogP contribution in [0.4, 0.5) is 0 Å². The average molecular weight is 327 g/mol. The van der Waals surface area contributed by atoms with Crippen molar-refractivity contribution >= 4 is 0 Å². The molecule has 1 saturated heterocycles. The molecule has 5 rings (SSSR count). The largest absolute Gasteiger partial charge is 0.504 e. The molecule has 24 heavy (non-hydrogen) atoms. The summed E-state index contributed by atoms with van der Waals surface area (Å²) < 4.78 is 6.24. The predicted octanol–water partition coefficient (Wildman–Crippen LogP) is 2.37. The predicted molar refractivity (Wildman–Crippen MR) is 91.4 cm³/mol. The van der Waals surface area contributed by atoms with Crippen LogP contribution in [-0.2, 0) is 11.8 Å². The lowest BCUT2D eigenvalue weighted by molar-refractivity contribution is -0.150. The number of phenols is 1. The standard InChI is InChI=1S/C20H25NO3/c1-3-9-21-10-8-20-16-12-4-5-13(22)17(16)24-18(20)14(23)6-7-19(20,2)15(21)11-12/h3-5,14-15,18,22-23H,1,6-11H2,2H3/t14-,15?,18?,19+,20+/m1/s1. The van der Waals surface area contributed by atoms with Gasteiger partial charge in [-0.15, -0.1) is 6.58 Å². The van der Waals surface area contributed by atoms with Gasteiger partial charge in [0.2, 0.25) is 0 Å². The Morgan fingerprint density at radius 2 is 2.25 bits per heavy atom. The fraction of sp³-hybridized carbons (Fsp3) is 0.600. The number of phenolic OH excluding ortho intramolecular Hbond substituents is 1. The van der Waals surface area contributed by atoms with Crippen molar-refractivity contribution in [2.75, 3.05) is 13.1 Å². The number of ether oxygens (including phenoxy) is 1. The van der Waals surface area contributed by atoms with Gasteiger partial charge in [-0.3, -0.25) is 4.90 Å². The monoisotopic (exact) mass is 327 g/mol. The minimum Gasteiger partial charge on any atom is -0.504 e. The highest BCUT2D eigenvalue weighted by molar-refractivity contribution is 5.61. The van der Waals surface area contributed by atoms with Gasteiger partial charge in [0.15, 0.2) is 11.5 Å². The van der Waals surface area contributed by atoms with Crippen molar-refractivity contribution in [1.82, 2.24) is 4.90 Å². The van der Waals surface area contributed by atoms with E-state index in [-0.39, 0.29) is 22.7 Å². The summed E-state index contributed by atoms with van der Waals surface area (Å²) >= 11 is 0.